The molecule has 1 aromatic rings. The number of nitrogens with one attached hydrogen (secondary N) is 1. The molecule has 1 aliphatic carbocycles. The fraction of sp³-hybridized carbons (Fsp3) is 0.650. The van der Waals surface area contributed by atoms with Gasteiger partial charge in [-0.3, -0.25) is 0 Å². The predicted molar refractivity (Wildman–Crippen MR) is 96.0 cm³/mol. The summed E-state index contributed by atoms with van der Waals surface area (Å²) in [5.74, 6) is 0. The van der Waals surface area contributed by atoms with Gasteiger partial charge >= 0.3 is 6.09 Å². The number of ether oxygens (including phenoxy) is 1. The first-order valence-corrected chi connectivity index (χ1v) is 8.99. The van der Waals surface area contributed by atoms with E-state index in [-0.39, 0.29) is 17.0 Å². The molecule has 1 aromatic carbocycles. The van der Waals surface area contributed by atoms with Gasteiger partial charge in [0.05, 0.1) is 5.54 Å². The second kappa shape index (κ2) is 6.07. The summed E-state index contributed by atoms with van der Waals surface area (Å²) in [7, 11) is 0. The fourth-order valence-corrected chi connectivity index (χ4v) is 3.93. The van der Waals surface area contributed by atoms with Crippen LogP contribution in [0.3, 0.4) is 0 Å². The lowest BCUT2D eigenvalue weighted by Crippen LogP contribution is -2.54. The highest BCUT2D eigenvalue weighted by molar-refractivity contribution is 5.69. The molecule has 1 saturated carbocycles. The number of carbonyl (C=O) groups is 1. The number of hydrogen-bond donors (Lipinski definition) is 1. The SMILES string of the molecule is CC(C)(C)OC(=O)N[C@]1(C)CN(CCc2ccccc2)CC12CC2. The quantitative estimate of drug-likeness (QED) is 0.917. The van der Waals surface area contributed by atoms with E-state index < -0.39 is 5.60 Å². The maximum atomic E-state index is 12.3. The molecule has 132 valence electrons. The molecule has 1 saturated heterocycles. The van der Waals surface area contributed by atoms with Gasteiger partial charge in [0.25, 0.3) is 0 Å². The van der Waals surface area contributed by atoms with Crippen LogP contribution in [0.1, 0.15) is 46.1 Å². The molecule has 3 rings (SSSR count). The highest BCUT2D eigenvalue weighted by atomic mass is 16.6. The topological polar surface area (TPSA) is 41.6 Å². The van der Waals surface area contributed by atoms with Crippen LogP contribution in [-0.4, -0.2) is 41.8 Å². The molecule has 1 N–H and O–H groups in total. The Bertz CT molecular complexity index is 589. The Morgan fingerprint density at radius 1 is 1.21 bits per heavy atom. The summed E-state index contributed by atoms with van der Waals surface area (Å²) in [6.07, 6.45) is 3.16. The Kier molecular flexibility index (Phi) is 4.37. The second-order valence-electron chi connectivity index (χ2n) is 8.69. The van der Waals surface area contributed by atoms with Crippen molar-refractivity contribution in [3.63, 3.8) is 0 Å². The smallest absolute Gasteiger partial charge is 0.408 e. The van der Waals surface area contributed by atoms with Crippen LogP contribution in [-0.2, 0) is 11.2 Å². The second-order valence-corrected chi connectivity index (χ2v) is 8.69. The molecule has 0 radical (unpaired) electrons. The molecule has 2 aliphatic rings. The molecule has 0 aromatic heterocycles. The van der Waals surface area contributed by atoms with Crippen molar-refractivity contribution >= 4 is 6.09 Å². The maximum Gasteiger partial charge on any atom is 0.408 e. The number of likely N-dealkylation sites (tertiary alicyclic amines) is 1. The first kappa shape index (κ1) is 17.3. The molecule has 1 amide bonds. The Morgan fingerprint density at radius 2 is 1.88 bits per heavy atom. The molecular formula is C20H30N2O2. The zero-order chi connectivity index (χ0) is 17.4. The van der Waals surface area contributed by atoms with Gasteiger partial charge in [-0.2, -0.15) is 0 Å². The third kappa shape index (κ3) is 3.75. The molecule has 1 spiro atoms. The van der Waals surface area contributed by atoms with E-state index in [2.05, 4.69) is 47.5 Å². The van der Waals surface area contributed by atoms with E-state index in [0.29, 0.717) is 0 Å². The summed E-state index contributed by atoms with van der Waals surface area (Å²) in [5, 5.41) is 3.19. The van der Waals surface area contributed by atoms with Crippen molar-refractivity contribution in [3.05, 3.63) is 35.9 Å². The zero-order valence-corrected chi connectivity index (χ0v) is 15.4. The normalized spacial score (nSPS) is 25.7. The van der Waals surface area contributed by atoms with Crippen LogP contribution in [0.2, 0.25) is 0 Å². The molecular weight excluding hydrogens is 300 g/mol. The molecule has 1 aliphatic heterocycles. The number of hydrogen-bond acceptors (Lipinski definition) is 3. The predicted octanol–water partition coefficient (Wildman–Crippen LogP) is 3.61. The van der Waals surface area contributed by atoms with Crippen LogP contribution in [0.15, 0.2) is 30.3 Å². The molecule has 2 fully saturated rings. The Hall–Kier alpha value is -1.55. The average molecular weight is 330 g/mol. The van der Waals surface area contributed by atoms with E-state index in [1.165, 1.54) is 18.4 Å². The van der Waals surface area contributed by atoms with Gasteiger partial charge in [-0.15, -0.1) is 0 Å². The van der Waals surface area contributed by atoms with E-state index in [9.17, 15) is 4.79 Å². The van der Waals surface area contributed by atoms with Gasteiger partial charge in [-0.25, -0.2) is 4.79 Å². The Labute approximate surface area is 145 Å². The largest absolute Gasteiger partial charge is 0.444 e. The van der Waals surface area contributed by atoms with Crippen LogP contribution in [0.5, 0.6) is 0 Å². The molecule has 1 atom stereocenters. The van der Waals surface area contributed by atoms with E-state index >= 15 is 0 Å². The minimum atomic E-state index is -0.456. The van der Waals surface area contributed by atoms with Crippen molar-refractivity contribution in [2.75, 3.05) is 19.6 Å². The maximum absolute atomic E-state index is 12.3. The lowest BCUT2D eigenvalue weighted by Gasteiger charge is -2.33. The van der Waals surface area contributed by atoms with E-state index in [1.807, 2.05) is 20.8 Å². The van der Waals surface area contributed by atoms with Crippen molar-refractivity contribution in [3.8, 4) is 0 Å². The van der Waals surface area contributed by atoms with Crippen molar-refractivity contribution in [2.24, 2.45) is 5.41 Å². The molecule has 24 heavy (non-hydrogen) atoms. The van der Waals surface area contributed by atoms with Crippen molar-refractivity contribution in [1.82, 2.24) is 10.2 Å². The monoisotopic (exact) mass is 330 g/mol. The lowest BCUT2D eigenvalue weighted by atomic mass is 9.86. The van der Waals surface area contributed by atoms with Gasteiger partial charge in [0.15, 0.2) is 0 Å². The summed E-state index contributed by atoms with van der Waals surface area (Å²) in [6.45, 7) is 10.9. The van der Waals surface area contributed by atoms with Gasteiger partial charge < -0.3 is 15.0 Å². The minimum absolute atomic E-state index is 0.188. The van der Waals surface area contributed by atoms with Gasteiger partial charge in [-0.1, -0.05) is 30.3 Å². The first-order valence-electron chi connectivity index (χ1n) is 8.99. The van der Waals surface area contributed by atoms with Gasteiger partial charge in [0.1, 0.15) is 5.60 Å². The molecule has 1 heterocycles. The summed E-state index contributed by atoms with van der Waals surface area (Å²) in [5.41, 5.74) is 0.964. The van der Waals surface area contributed by atoms with E-state index in [0.717, 1.165) is 26.1 Å². The van der Waals surface area contributed by atoms with Crippen LogP contribution in [0, 0.1) is 5.41 Å². The Balaban J connectivity index is 1.59. The third-order valence-corrected chi connectivity index (χ3v) is 5.43. The molecule has 4 heteroatoms. The minimum Gasteiger partial charge on any atom is -0.444 e. The van der Waals surface area contributed by atoms with Gasteiger partial charge in [-0.05, 0) is 52.5 Å². The zero-order valence-electron chi connectivity index (χ0n) is 15.4. The van der Waals surface area contributed by atoms with Crippen molar-refractivity contribution < 1.29 is 9.53 Å². The number of alkyl carbamates (subject to hydrolysis) is 1. The van der Waals surface area contributed by atoms with Gasteiger partial charge in [0.2, 0.25) is 0 Å². The summed E-state index contributed by atoms with van der Waals surface area (Å²) < 4.78 is 5.48. The first-order chi connectivity index (χ1) is 11.2. The highest BCUT2D eigenvalue weighted by Crippen LogP contribution is 2.58. The molecule has 0 unspecified atom stereocenters. The van der Waals surface area contributed by atoms with Crippen molar-refractivity contribution in [2.45, 2.75) is 58.1 Å². The van der Waals surface area contributed by atoms with Crippen molar-refractivity contribution in [1.29, 1.82) is 0 Å². The lowest BCUT2D eigenvalue weighted by molar-refractivity contribution is 0.0436. The van der Waals surface area contributed by atoms with E-state index in [1.54, 1.807) is 0 Å². The number of rotatable bonds is 4. The Morgan fingerprint density at radius 3 is 2.46 bits per heavy atom. The molecule has 4 nitrogen and oxygen atoms in total. The number of amides is 1. The average Bonchev–Trinajstić information content (AvgIpc) is 3.19. The van der Waals surface area contributed by atoms with Crippen LogP contribution in [0.4, 0.5) is 4.79 Å². The van der Waals surface area contributed by atoms with Crippen LogP contribution >= 0.6 is 0 Å². The standard InChI is InChI=1S/C20H30N2O2/c1-18(2,3)24-17(23)21-19(4)14-22(15-20(19)11-12-20)13-10-16-8-6-5-7-9-16/h5-9H,10-15H2,1-4H3,(H,21,23)/t19-/m1/s1. The van der Waals surface area contributed by atoms with E-state index in [4.69, 9.17) is 4.74 Å². The van der Waals surface area contributed by atoms with Crippen LogP contribution in [0.25, 0.3) is 0 Å². The summed E-state index contributed by atoms with van der Waals surface area (Å²) in [4.78, 5) is 14.8. The summed E-state index contributed by atoms with van der Waals surface area (Å²) in [6, 6.07) is 10.6. The molecule has 0 bridgehead atoms. The highest BCUT2D eigenvalue weighted by Gasteiger charge is 2.62. The third-order valence-electron chi connectivity index (χ3n) is 5.43. The van der Waals surface area contributed by atoms with Gasteiger partial charge in [0, 0.05) is 25.0 Å². The van der Waals surface area contributed by atoms with Crippen LogP contribution < -0.4 is 5.32 Å². The number of carbonyl (C=O) groups excluding carboxylic acids is 1. The number of benzene rings is 1. The summed E-state index contributed by atoms with van der Waals surface area (Å²) >= 11 is 0. The fourth-order valence-electron chi connectivity index (χ4n) is 3.93. The number of nitrogens with zero attached hydrogens (tertiary/aromatic N) is 1.